The number of benzene rings is 1. The second-order valence-electron chi connectivity index (χ2n) is 7.57. The van der Waals surface area contributed by atoms with Gasteiger partial charge in [-0.1, -0.05) is 24.6 Å². The molecular formula is C20H29ClN2O2. The fourth-order valence-electron chi connectivity index (χ4n) is 3.49. The molecule has 1 heterocycles. The Labute approximate surface area is 155 Å². The van der Waals surface area contributed by atoms with Crippen LogP contribution in [0.2, 0.25) is 5.02 Å². The van der Waals surface area contributed by atoms with E-state index in [4.69, 9.17) is 11.6 Å². The molecule has 2 rings (SSSR count). The Morgan fingerprint density at radius 3 is 2.56 bits per heavy atom. The van der Waals surface area contributed by atoms with E-state index in [1.54, 1.807) is 13.8 Å². The molecule has 0 radical (unpaired) electrons. The maximum atomic E-state index is 13.1. The van der Waals surface area contributed by atoms with E-state index in [0.29, 0.717) is 10.7 Å². The lowest BCUT2D eigenvalue weighted by atomic mass is 9.87. The number of nitrogens with one attached hydrogen (secondary N) is 1. The Bertz CT molecular complexity index is 647. The number of likely N-dealkylation sites (tertiary alicyclic amines) is 1. The molecule has 0 spiro atoms. The third kappa shape index (κ3) is 4.17. The quantitative estimate of drug-likeness (QED) is 0.786. The minimum atomic E-state index is -1.13. The first-order chi connectivity index (χ1) is 11.7. The molecule has 5 heteroatoms. The number of piperidine rings is 1. The number of amides is 2. The van der Waals surface area contributed by atoms with Crippen LogP contribution < -0.4 is 5.32 Å². The summed E-state index contributed by atoms with van der Waals surface area (Å²) in [7, 11) is 0. The van der Waals surface area contributed by atoms with Gasteiger partial charge in [-0.25, -0.2) is 0 Å². The van der Waals surface area contributed by atoms with Crippen LogP contribution in [-0.4, -0.2) is 29.3 Å². The molecule has 0 aliphatic carbocycles. The number of halogens is 1. The number of nitrogens with zero attached hydrogens (tertiary/aromatic N) is 1. The van der Waals surface area contributed by atoms with Crippen molar-refractivity contribution in [2.45, 2.75) is 66.3 Å². The molecule has 1 aliphatic rings. The summed E-state index contributed by atoms with van der Waals surface area (Å²) in [5, 5.41) is 3.38. The molecule has 2 amide bonds. The highest BCUT2D eigenvalue weighted by molar-refractivity contribution is 6.34. The fourth-order valence-corrected chi connectivity index (χ4v) is 3.86. The second-order valence-corrected chi connectivity index (χ2v) is 7.98. The number of aryl methyl sites for hydroxylation is 2. The zero-order chi connectivity index (χ0) is 18.8. The number of hydrogen-bond acceptors (Lipinski definition) is 2. The van der Waals surface area contributed by atoms with E-state index < -0.39 is 5.41 Å². The highest BCUT2D eigenvalue weighted by Crippen LogP contribution is 2.31. The number of carbonyl (C=O) groups is 2. The monoisotopic (exact) mass is 364 g/mol. The molecule has 1 aromatic carbocycles. The Kier molecular flexibility index (Phi) is 6.15. The van der Waals surface area contributed by atoms with Crippen LogP contribution in [0.25, 0.3) is 0 Å². The number of anilines is 1. The maximum Gasteiger partial charge on any atom is 0.239 e. The summed E-state index contributed by atoms with van der Waals surface area (Å²) < 4.78 is 0. The summed E-state index contributed by atoms with van der Waals surface area (Å²) in [6.07, 6.45) is 4.09. The zero-order valence-corrected chi connectivity index (χ0v) is 16.7. The molecule has 25 heavy (non-hydrogen) atoms. The van der Waals surface area contributed by atoms with Gasteiger partial charge in [-0.3, -0.25) is 9.59 Å². The maximum absolute atomic E-state index is 13.1. The van der Waals surface area contributed by atoms with Gasteiger partial charge in [-0.05, 0) is 70.6 Å². The van der Waals surface area contributed by atoms with E-state index >= 15 is 0 Å². The minimum absolute atomic E-state index is 0.0996. The summed E-state index contributed by atoms with van der Waals surface area (Å²) in [5.74, 6) is -0.413. The van der Waals surface area contributed by atoms with Gasteiger partial charge < -0.3 is 10.2 Å². The van der Waals surface area contributed by atoms with Crippen molar-refractivity contribution >= 4 is 29.1 Å². The summed E-state index contributed by atoms with van der Waals surface area (Å²) in [6, 6.07) is 4.02. The SMILES string of the molecule is CCC1CCCCN1C(=O)C(C)(C)C(=O)Nc1c(C)cc(C)cc1Cl. The number of rotatable bonds is 4. The third-order valence-corrected chi connectivity index (χ3v) is 5.43. The first-order valence-electron chi connectivity index (χ1n) is 9.07. The molecule has 0 saturated carbocycles. The zero-order valence-electron chi connectivity index (χ0n) is 15.9. The lowest BCUT2D eigenvalue weighted by Gasteiger charge is -2.39. The van der Waals surface area contributed by atoms with Crippen molar-refractivity contribution in [3.8, 4) is 0 Å². The normalized spacial score (nSPS) is 18.2. The second kappa shape index (κ2) is 7.77. The van der Waals surface area contributed by atoms with Crippen molar-refractivity contribution in [3.63, 3.8) is 0 Å². The third-order valence-electron chi connectivity index (χ3n) is 5.13. The summed E-state index contributed by atoms with van der Waals surface area (Å²) in [5.41, 5.74) is 1.38. The summed E-state index contributed by atoms with van der Waals surface area (Å²) in [6.45, 7) is 10.1. The van der Waals surface area contributed by atoms with Gasteiger partial charge in [0, 0.05) is 12.6 Å². The van der Waals surface area contributed by atoms with E-state index in [-0.39, 0.29) is 17.9 Å². The van der Waals surface area contributed by atoms with Gasteiger partial charge >= 0.3 is 0 Å². The fraction of sp³-hybridized carbons (Fsp3) is 0.600. The van der Waals surface area contributed by atoms with Gasteiger partial charge in [-0.2, -0.15) is 0 Å². The highest BCUT2D eigenvalue weighted by atomic mass is 35.5. The molecule has 1 aliphatic heterocycles. The molecule has 1 unspecified atom stereocenters. The molecule has 4 nitrogen and oxygen atoms in total. The van der Waals surface area contributed by atoms with Crippen LogP contribution in [0.1, 0.15) is 57.6 Å². The van der Waals surface area contributed by atoms with Gasteiger partial charge in [0.05, 0.1) is 10.7 Å². The average Bonchev–Trinajstić information content (AvgIpc) is 2.56. The first kappa shape index (κ1) is 19.8. The van der Waals surface area contributed by atoms with Crippen LogP contribution in [0, 0.1) is 19.3 Å². The lowest BCUT2D eigenvalue weighted by Crippen LogP contribution is -2.52. The predicted molar refractivity (Wildman–Crippen MR) is 103 cm³/mol. The topological polar surface area (TPSA) is 49.4 Å². The van der Waals surface area contributed by atoms with Crippen LogP contribution in [0.4, 0.5) is 5.69 Å². The van der Waals surface area contributed by atoms with E-state index in [1.165, 1.54) is 0 Å². The Hall–Kier alpha value is -1.55. The number of carbonyl (C=O) groups excluding carboxylic acids is 2. The Balaban J connectivity index is 2.21. The standard InChI is InChI=1S/C20H29ClN2O2/c1-6-15-9-7-8-10-23(15)19(25)20(4,5)18(24)22-17-14(3)11-13(2)12-16(17)21/h11-12,15H,6-10H2,1-5H3,(H,22,24). The largest absolute Gasteiger partial charge is 0.339 e. The Morgan fingerprint density at radius 1 is 1.28 bits per heavy atom. The van der Waals surface area contributed by atoms with Crippen LogP contribution >= 0.6 is 11.6 Å². The first-order valence-corrected chi connectivity index (χ1v) is 9.45. The van der Waals surface area contributed by atoms with Crippen LogP contribution in [0.15, 0.2) is 12.1 Å². The van der Waals surface area contributed by atoms with Gasteiger partial charge in [0.25, 0.3) is 0 Å². The minimum Gasteiger partial charge on any atom is -0.339 e. The van der Waals surface area contributed by atoms with Gasteiger partial charge in [-0.15, -0.1) is 0 Å². The smallest absolute Gasteiger partial charge is 0.239 e. The van der Waals surface area contributed by atoms with Crippen molar-refractivity contribution in [1.82, 2.24) is 4.90 Å². The van der Waals surface area contributed by atoms with E-state index in [9.17, 15) is 9.59 Å². The lowest BCUT2D eigenvalue weighted by molar-refractivity contribution is -0.149. The molecule has 0 bridgehead atoms. The van der Waals surface area contributed by atoms with Gasteiger partial charge in [0.2, 0.25) is 11.8 Å². The molecule has 1 aromatic rings. The van der Waals surface area contributed by atoms with Gasteiger partial charge in [0.1, 0.15) is 5.41 Å². The molecule has 0 aromatic heterocycles. The van der Waals surface area contributed by atoms with Crippen molar-refractivity contribution in [3.05, 3.63) is 28.3 Å². The van der Waals surface area contributed by atoms with E-state index in [0.717, 1.165) is 43.4 Å². The molecule has 1 saturated heterocycles. The van der Waals surface area contributed by atoms with E-state index in [2.05, 4.69) is 12.2 Å². The molecule has 1 atom stereocenters. The van der Waals surface area contributed by atoms with E-state index in [1.807, 2.05) is 30.9 Å². The molecule has 1 fully saturated rings. The van der Waals surface area contributed by atoms with Crippen molar-refractivity contribution < 1.29 is 9.59 Å². The molecular weight excluding hydrogens is 336 g/mol. The number of hydrogen-bond donors (Lipinski definition) is 1. The average molecular weight is 365 g/mol. The Morgan fingerprint density at radius 2 is 1.96 bits per heavy atom. The summed E-state index contributed by atoms with van der Waals surface area (Å²) in [4.78, 5) is 27.9. The van der Waals surface area contributed by atoms with Gasteiger partial charge in [0.15, 0.2) is 0 Å². The van der Waals surface area contributed by atoms with Crippen molar-refractivity contribution in [2.75, 3.05) is 11.9 Å². The molecule has 138 valence electrons. The summed E-state index contributed by atoms with van der Waals surface area (Å²) >= 11 is 6.29. The highest BCUT2D eigenvalue weighted by Gasteiger charge is 2.41. The van der Waals surface area contributed by atoms with Crippen LogP contribution in [0.3, 0.4) is 0 Å². The predicted octanol–water partition coefficient (Wildman–Crippen LogP) is 4.71. The van der Waals surface area contributed by atoms with Crippen LogP contribution in [-0.2, 0) is 9.59 Å². The van der Waals surface area contributed by atoms with Crippen molar-refractivity contribution in [1.29, 1.82) is 0 Å². The molecule has 1 N–H and O–H groups in total. The van der Waals surface area contributed by atoms with Crippen LogP contribution in [0.5, 0.6) is 0 Å². The van der Waals surface area contributed by atoms with Crippen molar-refractivity contribution in [2.24, 2.45) is 5.41 Å².